The second kappa shape index (κ2) is 11.6. The van der Waals surface area contributed by atoms with Gasteiger partial charge in [-0.3, -0.25) is 9.59 Å². The van der Waals surface area contributed by atoms with Crippen LogP contribution in [-0.2, 0) is 4.79 Å². The van der Waals surface area contributed by atoms with Crippen molar-refractivity contribution in [2.45, 2.75) is 11.9 Å². The van der Waals surface area contributed by atoms with Gasteiger partial charge in [0.15, 0.2) is 5.65 Å². The summed E-state index contributed by atoms with van der Waals surface area (Å²) >= 11 is 1.31. The van der Waals surface area contributed by atoms with Gasteiger partial charge in [-0.15, -0.1) is 0 Å². The van der Waals surface area contributed by atoms with Crippen molar-refractivity contribution in [2.24, 2.45) is 0 Å². The van der Waals surface area contributed by atoms with E-state index in [0.29, 0.717) is 34.2 Å². The third-order valence-electron chi connectivity index (χ3n) is 5.52. The Morgan fingerprint density at radius 1 is 0.895 bits per heavy atom. The van der Waals surface area contributed by atoms with Crippen LogP contribution in [0.1, 0.15) is 17.3 Å². The van der Waals surface area contributed by atoms with E-state index in [-0.39, 0.29) is 17.6 Å². The van der Waals surface area contributed by atoms with Gasteiger partial charge in [0.2, 0.25) is 5.91 Å². The molecule has 0 aliphatic rings. The van der Waals surface area contributed by atoms with Crippen LogP contribution in [0.3, 0.4) is 0 Å². The summed E-state index contributed by atoms with van der Waals surface area (Å²) in [5.41, 5.74) is 3.31. The monoisotopic (exact) mass is 524 g/mol. The first-order valence-corrected chi connectivity index (χ1v) is 12.9. The van der Waals surface area contributed by atoms with Gasteiger partial charge in [-0.05, 0) is 67.6 Å². The molecule has 0 aliphatic heterocycles. The number of nitrogens with zero attached hydrogens (tertiary/aromatic N) is 4. The van der Waals surface area contributed by atoms with Gasteiger partial charge in [-0.1, -0.05) is 30.0 Å². The molecule has 0 bridgehead atoms. The molecule has 0 aliphatic carbocycles. The highest BCUT2D eigenvalue weighted by Gasteiger charge is 2.13. The Morgan fingerprint density at radius 2 is 1.61 bits per heavy atom. The fourth-order valence-electron chi connectivity index (χ4n) is 3.74. The number of aromatic nitrogens is 4. The summed E-state index contributed by atoms with van der Waals surface area (Å²) in [4.78, 5) is 33.9. The van der Waals surface area contributed by atoms with Crippen molar-refractivity contribution in [1.29, 1.82) is 0 Å². The number of amides is 2. The molecule has 38 heavy (non-hydrogen) atoms. The molecular formula is C28H24N6O3S. The Balaban J connectivity index is 1.17. The number of hydrogen-bond acceptors (Lipinski definition) is 7. The van der Waals surface area contributed by atoms with E-state index in [1.807, 2.05) is 37.3 Å². The van der Waals surface area contributed by atoms with E-state index in [1.165, 1.54) is 18.1 Å². The number of nitrogens with one attached hydrogen (secondary N) is 2. The Morgan fingerprint density at radius 3 is 2.34 bits per heavy atom. The van der Waals surface area contributed by atoms with Crippen molar-refractivity contribution >= 4 is 46.0 Å². The summed E-state index contributed by atoms with van der Waals surface area (Å²) in [6.45, 7) is 2.50. The van der Waals surface area contributed by atoms with E-state index in [0.717, 1.165) is 16.8 Å². The van der Waals surface area contributed by atoms with Crippen molar-refractivity contribution in [1.82, 2.24) is 19.7 Å². The maximum atomic E-state index is 12.6. The molecule has 2 amide bonds. The average molecular weight is 525 g/mol. The van der Waals surface area contributed by atoms with Crippen molar-refractivity contribution in [3.8, 4) is 11.4 Å². The van der Waals surface area contributed by atoms with Gasteiger partial charge in [-0.25, -0.2) is 14.6 Å². The second-order valence-electron chi connectivity index (χ2n) is 8.13. The number of para-hydroxylation sites is 1. The van der Waals surface area contributed by atoms with Crippen LogP contribution in [-0.4, -0.2) is 43.9 Å². The van der Waals surface area contributed by atoms with Crippen molar-refractivity contribution in [3.05, 3.63) is 97.0 Å². The van der Waals surface area contributed by atoms with Gasteiger partial charge in [0, 0.05) is 16.9 Å². The maximum absolute atomic E-state index is 12.6. The van der Waals surface area contributed by atoms with Crippen LogP contribution in [0.15, 0.2) is 96.4 Å². The van der Waals surface area contributed by atoms with Crippen molar-refractivity contribution < 1.29 is 14.3 Å². The van der Waals surface area contributed by atoms with Crippen molar-refractivity contribution in [2.75, 3.05) is 23.0 Å². The van der Waals surface area contributed by atoms with Crippen LogP contribution in [0.2, 0.25) is 0 Å². The molecule has 3 aromatic carbocycles. The largest absolute Gasteiger partial charge is 0.494 e. The van der Waals surface area contributed by atoms with Gasteiger partial charge in [0.05, 0.1) is 29.6 Å². The zero-order valence-corrected chi connectivity index (χ0v) is 21.3. The van der Waals surface area contributed by atoms with Gasteiger partial charge in [0.1, 0.15) is 17.1 Å². The molecule has 5 rings (SSSR count). The number of thioether (sulfide) groups is 1. The Labute approximate surface area is 223 Å². The van der Waals surface area contributed by atoms with Gasteiger partial charge < -0.3 is 15.4 Å². The van der Waals surface area contributed by atoms with Gasteiger partial charge >= 0.3 is 0 Å². The lowest BCUT2D eigenvalue weighted by Crippen LogP contribution is -2.15. The number of fused-ring (bicyclic) bond motifs is 1. The summed E-state index contributed by atoms with van der Waals surface area (Å²) in [5, 5.41) is 11.6. The number of rotatable bonds is 9. The van der Waals surface area contributed by atoms with E-state index < -0.39 is 0 Å². The SMILES string of the molecule is CCOc1ccc(NC(=O)c2ccc(NC(=O)CSc3ncnc4c3cnn4-c3ccccc3)cc2)cc1. The fraction of sp³-hybridized carbons (Fsp3) is 0.107. The molecule has 0 fully saturated rings. The van der Waals surface area contributed by atoms with Crippen LogP contribution >= 0.6 is 11.8 Å². The molecule has 2 heterocycles. The minimum absolute atomic E-state index is 0.155. The minimum Gasteiger partial charge on any atom is -0.494 e. The third-order valence-corrected chi connectivity index (χ3v) is 6.53. The lowest BCUT2D eigenvalue weighted by Gasteiger charge is -2.09. The smallest absolute Gasteiger partial charge is 0.255 e. The molecule has 0 unspecified atom stereocenters. The number of carbonyl (C=O) groups is 2. The third kappa shape index (κ3) is 5.81. The normalized spacial score (nSPS) is 10.8. The predicted molar refractivity (Wildman–Crippen MR) is 148 cm³/mol. The van der Waals surface area contributed by atoms with E-state index in [1.54, 1.807) is 59.4 Å². The number of anilines is 2. The molecule has 0 saturated heterocycles. The molecule has 0 spiro atoms. The summed E-state index contributed by atoms with van der Waals surface area (Å²) in [6.07, 6.45) is 3.18. The van der Waals surface area contributed by atoms with Crippen LogP contribution in [0.5, 0.6) is 5.75 Å². The Bertz CT molecular complexity index is 1550. The highest BCUT2D eigenvalue weighted by atomic mass is 32.2. The molecule has 0 radical (unpaired) electrons. The standard InChI is InChI=1S/C28H24N6O3S/c1-2-37-23-14-12-21(13-15-23)33-27(36)19-8-10-20(11-9-19)32-25(35)17-38-28-24-16-31-34(26(24)29-18-30-28)22-6-4-3-5-7-22/h3-16,18H,2,17H2,1H3,(H,32,35)(H,33,36). The first-order chi connectivity index (χ1) is 18.6. The molecule has 9 nitrogen and oxygen atoms in total. The topological polar surface area (TPSA) is 111 Å². The predicted octanol–water partition coefficient (Wildman–Crippen LogP) is 5.20. The Kier molecular flexibility index (Phi) is 7.60. The number of carbonyl (C=O) groups excluding carboxylic acids is 2. The minimum atomic E-state index is -0.244. The summed E-state index contributed by atoms with van der Waals surface area (Å²) in [5.74, 6) is 0.466. The fourth-order valence-corrected chi connectivity index (χ4v) is 4.50. The van der Waals surface area contributed by atoms with E-state index in [9.17, 15) is 9.59 Å². The lowest BCUT2D eigenvalue weighted by molar-refractivity contribution is -0.113. The quantitative estimate of drug-likeness (QED) is 0.201. The maximum Gasteiger partial charge on any atom is 0.255 e. The number of hydrogen-bond donors (Lipinski definition) is 2. The molecule has 0 saturated carbocycles. The van der Waals surface area contributed by atoms with Gasteiger partial charge in [-0.2, -0.15) is 5.10 Å². The van der Waals surface area contributed by atoms with Gasteiger partial charge in [0.25, 0.3) is 5.91 Å². The number of ether oxygens (including phenoxy) is 1. The first kappa shape index (κ1) is 25.0. The molecule has 2 N–H and O–H groups in total. The van der Waals surface area contributed by atoms with Crippen LogP contribution < -0.4 is 15.4 Å². The molecule has 0 atom stereocenters. The number of benzene rings is 3. The zero-order valence-electron chi connectivity index (χ0n) is 20.5. The lowest BCUT2D eigenvalue weighted by atomic mass is 10.2. The average Bonchev–Trinajstić information content (AvgIpc) is 3.39. The zero-order chi connectivity index (χ0) is 26.3. The summed E-state index contributed by atoms with van der Waals surface area (Å²) in [6, 6.07) is 23.6. The Hall–Kier alpha value is -4.70. The first-order valence-electron chi connectivity index (χ1n) is 11.9. The molecular weight excluding hydrogens is 500 g/mol. The molecule has 2 aromatic heterocycles. The van der Waals surface area contributed by atoms with E-state index in [4.69, 9.17) is 4.74 Å². The van der Waals surface area contributed by atoms with E-state index >= 15 is 0 Å². The van der Waals surface area contributed by atoms with Crippen LogP contribution in [0.25, 0.3) is 16.7 Å². The summed E-state index contributed by atoms with van der Waals surface area (Å²) < 4.78 is 7.16. The summed E-state index contributed by atoms with van der Waals surface area (Å²) in [7, 11) is 0. The highest BCUT2D eigenvalue weighted by Crippen LogP contribution is 2.26. The van der Waals surface area contributed by atoms with Crippen molar-refractivity contribution in [3.63, 3.8) is 0 Å². The van der Waals surface area contributed by atoms with Crippen LogP contribution in [0.4, 0.5) is 11.4 Å². The van der Waals surface area contributed by atoms with Crippen LogP contribution in [0, 0.1) is 0 Å². The van der Waals surface area contributed by atoms with E-state index in [2.05, 4.69) is 25.7 Å². The second-order valence-corrected chi connectivity index (χ2v) is 9.10. The highest BCUT2D eigenvalue weighted by molar-refractivity contribution is 8.00. The molecule has 190 valence electrons. The molecule has 5 aromatic rings. The molecule has 10 heteroatoms.